The van der Waals surface area contributed by atoms with E-state index in [2.05, 4.69) is 22.3 Å². The lowest BCUT2D eigenvalue weighted by Gasteiger charge is -2.28. The van der Waals surface area contributed by atoms with Crippen molar-refractivity contribution in [2.75, 3.05) is 19.6 Å². The van der Waals surface area contributed by atoms with Gasteiger partial charge in [-0.05, 0) is 50.6 Å². The van der Waals surface area contributed by atoms with Crippen LogP contribution in [0.3, 0.4) is 0 Å². The Bertz CT molecular complexity index is 786. The number of hydrogen-bond acceptors (Lipinski definition) is 4. The van der Waals surface area contributed by atoms with Crippen molar-refractivity contribution >= 4 is 11.6 Å². The molecule has 1 amide bonds. The molecule has 0 bridgehead atoms. The number of benzene rings is 2. The molecule has 0 aliphatic carbocycles. The number of likely N-dealkylation sites (tertiary alicyclic amines) is 1. The topological polar surface area (TPSA) is 75.5 Å². The van der Waals surface area contributed by atoms with Crippen molar-refractivity contribution in [2.24, 2.45) is 0 Å². The Labute approximate surface area is 153 Å². The largest absolute Gasteiger partial charge is 0.350 e. The monoisotopic (exact) mass is 353 g/mol. The van der Waals surface area contributed by atoms with Gasteiger partial charge in [0.2, 0.25) is 0 Å². The molecule has 6 nitrogen and oxygen atoms in total. The van der Waals surface area contributed by atoms with Crippen LogP contribution in [-0.2, 0) is 0 Å². The van der Waals surface area contributed by atoms with Crippen molar-refractivity contribution in [1.29, 1.82) is 0 Å². The number of nitrogens with zero attached hydrogens (tertiary/aromatic N) is 2. The zero-order chi connectivity index (χ0) is 18.5. The molecule has 0 radical (unpaired) electrons. The molecule has 6 heteroatoms. The van der Waals surface area contributed by atoms with Crippen molar-refractivity contribution in [3.8, 4) is 0 Å². The summed E-state index contributed by atoms with van der Waals surface area (Å²) in [5.41, 5.74) is 2.15. The number of rotatable bonds is 6. The standard InChI is InChI=1S/C20H23N3O3/c1-15-13-17(9-10-18(15)23(25)26)20(24)21-14-19(22-11-5-6-12-22)16-7-3-2-4-8-16/h2-4,7-10,13,19H,5-6,11-12,14H2,1H3,(H,21,24). The molecule has 1 atom stereocenters. The van der Waals surface area contributed by atoms with Gasteiger partial charge in [0.25, 0.3) is 11.6 Å². The number of carbonyl (C=O) groups is 1. The highest BCUT2D eigenvalue weighted by Crippen LogP contribution is 2.25. The SMILES string of the molecule is Cc1cc(C(=O)NCC(c2ccccc2)N2CCCC2)ccc1[N+](=O)[O-]. The average molecular weight is 353 g/mol. The first kappa shape index (κ1) is 18.1. The second-order valence-electron chi connectivity index (χ2n) is 6.64. The van der Waals surface area contributed by atoms with E-state index in [0.29, 0.717) is 17.7 Å². The van der Waals surface area contributed by atoms with Gasteiger partial charge in [-0.15, -0.1) is 0 Å². The lowest BCUT2D eigenvalue weighted by atomic mass is 10.0. The maximum absolute atomic E-state index is 12.5. The molecule has 1 unspecified atom stereocenters. The predicted molar refractivity (Wildman–Crippen MR) is 100 cm³/mol. The van der Waals surface area contributed by atoms with E-state index in [0.717, 1.165) is 13.1 Å². The van der Waals surface area contributed by atoms with Gasteiger partial charge in [-0.1, -0.05) is 30.3 Å². The van der Waals surface area contributed by atoms with Crippen molar-refractivity contribution in [3.63, 3.8) is 0 Å². The van der Waals surface area contributed by atoms with E-state index in [-0.39, 0.29) is 17.6 Å². The molecule has 2 aromatic rings. The highest BCUT2D eigenvalue weighted by Gasteiger charge is 2.24. The average Bonchev–Trinajstić information content (AvgIpc) is 3.16. The Balaban J connectivity index is 1.71. The maximum Gasteiger partial charge on any atom is 0.272 e. The van der Waals surface area contributed by atoms with Gasteiger partial charge >= 0.3 is 0 Å². The highest BCUT2D eigenvalue weighted by atomic mass is 16.6. The number of nitrogens with one attached hydrogen (secondary N) is 1. The number of nitro benzene ring substituents is 1. The van der Waals surface area contributed by atoms with E-state index >= 15 is 0 Å². The number of nitro groups is 1. The number of aryl methyl sites for hydroxylation is 1. The van der Waals surface area contributed by atoms with Crippen LogP contribution in [-0.4, -0.2) is 35.4 Å². The summed E-state index contributed by atoms with van der Waals surface area (Å²) in [7, 11) is 0. The number of carbonyl (C=O) groups excluding carboxylic acids is 1. The molecule has 1 fully saturated rings. The van der Waals surface area contributed by atoms with Gasteiger partial charge in [0.1, 0.15) is 0 Å². The van der Waals surface area contributed by atoms with Crippen molar-refractivity contribution in [3.05, 3.63) is 75.3 Å². The number of hydrogen-bond donors (Lipinski definition) is 1. The van der Waals surface area contributed by atoms with E-state index in [9.17, 15) is 14.9 Å². The fourth-order valence-electron chi connectivity index (χ4n) is 3.48. The summed E-state index contributed by atoms with van der Waals surface area (Å²) < 4.78 is 0. The Morgan fingerprint density at radius 3 is 2.50 bits per heavy atom. The molecule has 1 N–H and O–H groups in total. The molecule has 0 spiro atoms. The summed E-state index contributed by atoms with van der Waals surface area (Å²) in [4.78, 5) is 25.4. The summed E-state index contributed by atoms with van der Waals surface area (Å²) >= 11 is 0. The molecule has 136 valence electrons. The normalized spacial score (nSPS) is 15.6. The van der Waals surface area contributed by atoms with E-state index in [1.807, 2.05) is 18.2 Å². The minimum Gasteiger partial charge on any atom is -0.350 e. The zero-order valence-electron chi connectivity index (χ0n) is 14.9. The maximum atomic E-state index is 12.5. The van der Waals surface area contributed by atoms with Gasteiger partial charge in [-0.25, -0.2) is 0 Å². The van der Waals surface area contributed by atoms with Gasteiger partial charge < -0.3 is 5.32 Å². The third-order valence-electron chi connectivity index (χ3n) is 4.88. The fraction of sp³-hybridized carbons (Fsp3) is 0.350. The quantitative estimate of drug-likeness (QED) is 0.637. The summed E-state index contributed by atoms with van der Waals surface area (Å²) in [5.74, 6) is -0.205. The molecule has 0 saturated carbocycles. The van der Waals surface area contributed by atoms with Crippen LogP contribution in [0.4, 0.5) is 5.69 Å². The first-order chi connectivity index (χ1) is 12.6. The molecule has 3 rings (SSSR count). The van der Waals surface area contributed by atoms with Gasteiger partial charge in [-0.3, -0.25) is 19.8 Å². The summed E-state index contributed by atoms with van der Waals surface area (Å²) in [6, 6.07) is 14.8. The minimum atomic E-state index is -0.435. The molecular weight excluding hydrogens is 330 g/mol. The predicted octanol–water partition coefficient (Wildman–Crippen LogP) is 3.47. The Morgan fingerprint density at radius 1 is 1.19 bits per heavy atom. The second-order valence-corrected chi connectivity index (χ2v) is 6.64. The molecule has 1 heterocycles. The molecule has 1 aliphatic heterocycles. The van der Waals surface area contributed by atoms with Gasteiger partial charge in [-0.2, -0.15) is 0 Å². The molecule has 1 saturated heterocycles. The van der Waals surface area contributed by atoms with Crippen LogP contribution in [0, 0.1) is 17.0 Å². The highest BCUT2D eigenvalue weighted by molar-refractivity contribution is 5.94. The minimum absolute atomic E-state index is 0.0285. The third kappa shape index (κ3) is 4.08. The number of amides is 1. The lowest BCUT2D eigenvalue weighted by Crippen LogP contribution is -2.36. The van der Waals surface area contributed by atoms with Gasteiger partial charge in [0.05, 0.1) is 11.0 Å². The molecule has 0 aromatic heterocycles. The van der Waals surface area contributed by atoms with Crippen LogP contribution >= 0.6 is 0 Å². The van der Waals surface area contributed by atoms with E-state index < -0.39 is 4.92 Å². The lowest BCUT2D eigenvalue weighted by molar-refractivity contribution is -0.385. The van der Waals surface area contributed by atoms with Crippen LogP contribution in [0.1, 0.15) is 40.4 Å². The zero-order valence-corrected chi connectivity index (χ0v) is 14.9. The first-order valence-electron chi connectivity index (χ1n) is 8.88. The second kappa shape index (κ2) is 8.10. The van der Waals surface area contributed by atoms with E-state index in [4.69, 9.17) is 0 Å². The molecule has 1 aliphatic rings. The van der Waals surface area contributed by atoms with Crippen molar-refractivity contribution in [1.82, 2.24) is 10.2 Å². The fourth-order valence-corrected chi connectivity index (χ4v) is 3.48. The van der Waals surface area contributed by atoms with Crippen molar-refractivity contribution in [2.45, 2.75) is 25.8 Å². The molecular formula is C20H23N3O3. The third-order valence-corrected chi connectivity index (χ3v) is 4.88. The molecule has 26 heavy (non-hydrogen) atoms. The molecule has 2 aromatic carbocycles. The van der Waals surface area contributed by atoms with Crippen LogP contribution in [0.15, 0.2) is 48.5 Å². The van der Waals surface area contributed by atoms with E-state index in [1.165, 1.54) is 30.5 Å². The van der Waals surface area contributed by atoms with Crippen LogP contribution in [0.5, 0.6) is 0 Å². The van der Waals surface area contributed by atoms with Crippen LogP contribution in [0.25, 0.3) is 0 Å². The smallest absolute Gasteiger partial charge is 0.272 e. The summed E-state index contributed by atoms with van der Waals surface area (Å²) in [5, 5.41) is 13.9. The Kier molecular flexibility index (Phi) is 5.63. The van der Waals surface area contributed by atoms with E-state index in [1.54, 1.807) is 13.0 Å². The summed E-state index contributed by atoms with van der Waals surface area (Å²) in [6.45, 7) is 4.23. The first-order valence-corrected chi connectivity index (χ1v) is 8.88. The Morgan fingerprint density at radius 2 is 1.88 bits per heavy atom. The van der Waals surface area contributed by atoms with Gasteiger partial charge in [0, 0.05) is 23.7 Å². The van der Waals surface area contributed by atoms with Crippen molar-refractivity contribution < 1.29 is 9.72 Å². The Hall–Kier alpha value is -2.73. The van der Waals surface area contributed by atoms with Gasteiger partial charge in [0.15, 0.2) is 0 Å². The van der Waals surface area contributed by atoms with Crippen LogP contribution < -0.4 is 5.32 Å². The van der Waals surface area contributed by atoms with Crippen LogP contribution in [0.2, 0.25) is 0 Å². The summed E-state index contributed by atoms with van der Waals surface area (Å²) in [6.07, 6.45) is 2.36.